The molecule has 0 fully saturated rings. The van der Waals surface area contributed by atoms with E-state index >= 15 is 0 Å². The minimum Gasteiger partial charge on any atom is -0.345 e. The molecular weight excluding hydrogens is 255 g/mol. The average Bonchev–Trinajstić information content (AvgIpc) is 2.50. The van der Waals surface area contributed by atoms with Crippen LogP contribution >= 0.6 is 0 Å². The molecule has 0 aliphatic carbocycles. The number of halogens is 1. The molecule has 0 saturated carbocycles. The molecule has 0 unspecified atom stereocenters. The van der Waals surface area contributed by atoms with Crippen molar-refractivity contribution < 1.29 is 9.18 Å². The lowest BCUT2D eigenvalue weighted by atomic mass is 10.0. The number of carbonyl (C=O) groups is 1. The van der Waals surface area contributed by atoms with Crippen molar-refractivity contribution in [1.29, 1.82) is 0 Å². The zero-order chi connectivity index (χ0) is 15.5. The van der Waals surface area contributed by atoms with Crippen LogP contribution < -0.4 is 5.32 Å². The van der Waals surface area contributed by atoms with Gasteiger partial charge in [0.15, 0.2) is 0 Å². The molecule has 112 valence electrons. The van der Waals surface area contributed by atoms with E-state index in [1.54, 1.807) is 25.1 Å². The summed E-state index contributed by atoms with van der Waals surface area (Å²) in [4.78, 5) is 13.4. The van der Waals surface area contributed by atoms with Crippen molar-refractivity contribution in [1.82, 2.24) is 10.2 Å². The van der Waals surface area contributed by atoms with Gasteiger partial charge >= 0.3 is 0 Å². The van der Waals surface area contributed by atoms with Crippen LogP contribution in [0.25, 0.3) is 0 Å². The number of nitrogens with zero attached hydrogens (tertiary/aromatic N) is 1. The van der Waals surface area contributed by atoms with Gasteiger partial charge in [0.25, 0.3) is 5.91 Å². The summed E-state index contributed by atoms with van der Waals surface area (Å²) in [5.41, 5.74) is 3.18. The first-order valence-corrected chi connectivity index (χ1v) is 6.57. The van der Waals surface area contributed by atoms with Crippen LogP contribution in [0.3, 0.4) is 0 Å². The van der Waals surface area contributed by atoms with E-state index in [0.29, 0.717) is 12.8 Å². The Morgan fingerprint density at radius 1 is 1.40 bits per heavy atom. The number of carbonyl (C=O) groups excluding carboxylic acids is 1. The Morgan fingerprint density at radius 3 is 2.50 bits per heavy atom. The highest BCUT2D eigenvalue weighted by atomic mass is 19.1. The fourth-order valence-corrected chi connectivity index (χ4v) is 1.79. The van der Waals surface area contributed by atoms with E-state index in [0.717, 1.165) is 19.5 Å². The van der Waals surface area contributed by atoms with Crippen molar-refractivity contribution in [2.45, 2.75) is 13.3 Å². The SMILES string of the molecule is C=C/C(=C\C=C(/C)C1=CCNCC1)C(=O)N(C)C.CF. The van der Waals surface area contributed by atoms with Gasteiger partial charge in [-0.3, -0.25) is 9.18 Å². The fraction of sp³-hybridized carbons (Fsp3) is 0.438. The number of alkyl halides is 1. The molecule has 0 aromatic heterocycles. The molecule has 0 spiro atoms. The van der Waals surface area contributed by atoms with Gasteiger partial charge in [0.1, 0.15) is 0 Å². The van der Waals surface area contributed by atoms with E-state index in [2.05, 4.69) is 24.9 Å². The zero-order valence-corrected chi connectivity index (χ0v) is 12.9. The van der Waals surface area contributed by atoms with Crippen LogP contribution in [0.4, 0.5) is 4.39 Å². The molecule has 0 saturated heterocycles. The lowest BCUT2D eigenvalue weighted by molar-refractivity contribution is -0.124. The highest BCUT2D eigenvalue weighted by Gasteiger charge is 2.07. The van der Waals surface area contributed by atoms with Crippen LogP contribution in [-0.4, -0.2) is 45.2 Å². The zero-order valence-electron chi connectivity index (χ0n) is 12.9. The van der Waals surface area contributed by atoms with Crippen molar-refractivity contribution in [2.24, 2.45) is 0 Å². The summed E-state index contributed by atoms with van der Waals surface area (Å²) in [6.45, 7) is 7.71. The Bertz CT molecular complexity index is 420. The Labute approximate surface area is 121 Å². The molecule has 0 atom stereocenters. The number of hydrogen-bond donors (Lipinski definition) is 1. The van der Waals surface area contributed by atoms with E-state index in [-0.39, 0.29) is 5.91 Å². The minimum atomic E-state index is -0.0201. The summed E-state index contributed by atoms with van der Waals surface area (Å²) in [6.07, 6.45) is 8.68. The Hall–Kier alpha value is -1.68. The molecule has 0 radical (unpaired) electrons. The van der Waals surface area contributed by atoms with Crippen LogP contribution in [0.1, 0.15) is 13.3 Å². The fourth-order valence-electron chi connectivity index (χ4n) is 1.79. The monoisotopic (exact) mass is 280 g/mol. The first-order chi connectivity index (χ1) is 9.56. The molecule has 1 aliphatic heterocycles. The van der Waals surface area contributed by atoms with Gasteiger partial charge in [-0.2, -0.15) is 0 Å². The molecular formula is C16H25FN2O. The van der Waals surface area contributed by atoms with E-state index in [9.17, 15) is 9.18 Å². The van der Waals surface area contributed by atoms with Gasteiger partial charge in [-0.25, -0.2) is 0 Å². The number of amides is 1. The van der Waals surface area contributed by atoms with Crippen molar-refractivity contribution in [3.05, 3.63) is 47.6 Å². The van der Waals surface area contributed by atoms with Gasteiger partial charge in [-0.1, -0.05) is 24.8 Å². The number of allylic oxidation sites excluding steroid dienone is 3. The summed E-state index contributed by atoms with van der Waals surface area (Å²) in [6, 6.07) is 0. The number of nitrogens with one attached hydrogen (secondary N) is 1. The quantitative estimate of drug-likeness (QED) is 0.634. The number of hydrogen-bond acceptors (Lipinski definition) is 2. The highest BCUT2D eigenvalue weighted by Crippen LogP contribution is 2.15. The first-order valence-electron chi connectivity index (χ1n) is 6.57. The van der Waals surface area contributed by atoms with E-state index < -0.39 is 0 Å². The van der Waals surface area contributed by atoms with E-state index in [4.69, 9.17) is 0 Å². The smallest absolute Gasteiger partial charge is 0.253 e. The lowest BCUT2D eigenvalue weighted by Crippen LogP contribution is -2.22. The topological polar surface area (TPSA) is 32.3 Å². The molecule has 0 aromatic rings. The van der Waals surface area contributed by atoms with Gasteiger partial charge in [0.2, 0.25) is 0 Å². The average molecular weight is 280 g/mol. The number of rotatable bonds is 4. The predicted octanol–water partition coefficient (Wildman–Crippen LogP) is 2.64. The maximum absolute atomic E-state index is 11.8. The summed E-state index contributed by atoms with van der Waals surface area (Å²) < 4.78 is 9.50. The molecule has 1 N–H and O–H groups in total. The molecule has 1 rings (SSSR count). The summed E-state index contributed by atoms with van der Waals surface area (Å²) >= 11 is 0. The van der Waals surface area contributed by atoms with Gasteiger partial charge < -0.3 is 10.2 Å². The van der Waals surface area contributed by atoms with Gasteiger partial charge in [-0.05, 0) is 37.1 Å². The number of likely N-dealkylation sites (N-methyl/N-ethyl adjacent to an activating group) is 1. The van der Waals surface area contributed by atoms with Crippen molar-refractivity contribution in [3.8, 4) is 0 Å². The summed E-state index contributed by atoms with van der Waals surface area (Å²) in [7, 11) is 3.98. The van der Waals surface area contributed by atoms with Crippen LogP contribution in [-0.2, 0) is 4.79 Å². The third-order valence-corrected chi connectivity index (χ3v) is 2.96. The minimum absolute atomic E-state index is 0.0201. The molecule has 0 bridgehead atoms. The second-order valence-electron chi connectivity index (χ2n) is 4.56. The van der Waals surface area contributed by atoms with E-state index in [1.807, 2.05) is 12.2 Å². The molecule has 1 heterocycles. The third kappa shape index (κ3) is 5.97. The molecule has 0 aromatic carbocycles. The lowest BCUT2D eigenvalue weighted by Gasteiger charge is -2.14. The normalized spacial score (nSPS) is 15.8. The van der Waals surface area contributed by atoms with Crippen LogP contribution in [0, 0.1) is 0 Å². The van der Waals surface area contributed by atoms with Gasteiger partial charge in [0, 0.05) is 26.2 Å². The maximum Gasteiger partial charge on any atom is 0.253 e. The van der Waals surface area contributed by atoms with Gasteiger partial charge in [-0.15, -0.1) is 0 Å². The summed E-state index contributed by atoms with van der Waals surface area (Å²) in [5.74, 6) is -0.0201. The second kappa shape index (κ2) is 10.1. The van der Waals surface area contributed by atoms with E-state index in [1.165, 1.54) is 11.1 Å². The molecule has 4 heteroatoms. The Balaban J connectivity index is 0.00000172. The molecule has 20 heavy (non-hydrogen) atoms. The van der Waals surface area contributed by atoms with Crippen molar-refractivity contribution in [3.63, 3.8) is 0 Å². The largest absolute Gasteiger partial charge is 0.345 e. The van der Waals surface area contributed by atoms with Crippen molar-refractivity contribution in [2.75, 3.05) is 34.4 Å². The third-order valence-electron chi connectivity index (χ3n) is 2.96. The molecule has 3 nitrogen and oxygen atoms in total. The van der Waals surface area contributed by atoms with Crippen molar-refractivity contribution >= 4 is 5.91 Å². The van der Waals surface area contributed by atoms with Crippen LogP contribution in [0.15, 0.2) is 47.6 Å². The first kappa shape index (κ1) is 18.3. The second-order valence-corrected chi connectivity index (χ2v) is 4.56. The predicted molar refractivity (Wildman–Crippen MR) is 83.3 cm³/mol. The standard InChI is InChI=1S/C15H22N2O.CH3F/c1-5-13(15(18)17(3)4)7-6-12(2)14-8-10-16-11-9-14;1-2/h5-8,16H,1,9-11H2,2-4H3;1H3/b12-6+,13-7+;. The maximum atomic E-state index is 11.8. The van der Waals surface area contributed by atoms with Gasteiger partial charge in [0.05, 0.1) is 7.18 Å². The summed E-state index contributed by atoms with van der Waals surface area (Å²) in [5, 5.41) is 3.28. The highest BCUT2D eigenvalue weighted by molar-refractivity contribution is 5.96. The molecule has 1 amide bonds. The van der Waals surface area contributed by atoms with Crippen LogP contribution in [0.2, 0.25) is 0 Å². The molecule has 1 aliphatic rings. The Morgan fingerprint density at radius 2 is 2.05 bits per heavy atom. The Kier molecular flexibility index (Phi) is 9.30. The van der Waals surface area contributed by atoms with Crippen LogP contribution in [0.5, 0.6) is 0 Å².